The first-order valence-electron chi connectivity index (χ1n) is 6.12. The van der Waals surface area contributed by atoms with E-state index in [0.29, 0.717) is 12.6 Å². The minimum Gasteiger partial charge on any atom is -0.497 e. The number of nitrogens with one attached hydrogen (secondary N) is 1. The van der Waals surface area contributed by atoms with Gasteiger partial charge in [-0.15, -0.1) is 5.10 Å². The van der Waals surface area contributed by atoms with E-state index in [1.807, 2.05) is 18.2 Å². The van der Waals surface area contributed by atoms with Crippen LogP contribution < -0.4 is 10.1 Å². The molecule has 0 aliphatic heterocycles. The molecular weight excluding hydrogens is 310 g/mol. The first-order chi connectivity index (χ1) is 9.28. The first kappa shape index (κ1) is 12.6. The number of nitrogens with zero attached hydrogens (tertiary/aromatic N) is 4. The highest BCUT2D eigenvalue weighted by atomic mass is 79.9. The lowest BCUT2D eigenvalue weighted by Crippen LogP contribution is -2.19. The zero-order chi connectivity index (χ0) is 13.2. The monoisotopic (exact) mass is 323 g/mol. The van der Waals surface area contributed by atoms with E-state index in [2.05, 4.69) is 36.8 Å². The number of rotatable bonds is 5. The van der Waals surface area contributed by atoms with Crippen molar-refractivity contribution in [2.24, 2.45) is 0 Å². The Balaban J connectivity index is 1.89. The molecule has 3 rings (SSSR count). The predicted octanol–water partition coefficient (Wildman–Crippen LogP) is 1.69. The molecular formula is C12H14BrN5O. The fourth-order valence-corrected chi connectivity index (χ4v) is 2.22. The van der Waals surface area contributed by atoms with Crippen molar-refractivity contribution in [3.8, 4) is 11.4 Å². The average molecular weight is 324 g/mol. The van der Waals surface area contributed by atoms with Gasteiger partial charge in [0.1, 0.15) is 5.75 Å². The van der Waals surface area contributed by atoms with Crippen LogP contribution in [0.1, 0.15) is 18.7 Å². The molecule has 0 bridgehead atoms. The molecule has 0 amide bonds. The Morgan fingerprint density at radius 3 is 3.05 bits per heavy atom. The Morgan fingerprint density at radius 2 is 2.32 bits per heavy atom. The summed E-state index contributed by atoms with van der Waals surface area (Å²) in [5.41, 5.74) is 0.872. The van der Waals surface area contributed by atoms with Crippen LogP contribution in [0.5, 0.6) is 5.75 Å². The van der Waals surface area contributed by atoms with Crippen molar-refractivity contribution in [1.82, 2.24) is 25.5 Å². The summed E-state index contributed by atoms with van der Waals surface area (Å²) in [7, 11) is 1.64. The third-order valence-electron chi connectivity index (χ3n) is 3.04. The van der Waals surface area contributed by atoms with Crippen LogP contribution in [-0.2, 0) is 6.54 Å². The van der Waals surface area contributed by atoms with Gasteiger partial charge in [-0.2, -0.15) is 4.68 Å². The van der Waals surface area contributed by atoms with Gasteiger partial charge in [-0.3, -0.25) is 0 Å². The fraction of sp³-hybridized carbons (Fsp3) is 0.417. The van der Waals surface area contributed by atoms with Crippen molar-refractivity contribution in [3.05, 3.63) is 28.5 Å². The van der Waals surface area contributed by atoms with Crippen LogP contribution in [0, 0.1) is 0 Å². The van der Waals surface area contributed by atoms with Crippen molar-refractivity contribution in [1.29, 1.82) is 0 Å². The highest BCUT2D eigenvalue weighted by Crippen LogP contribution is 2.26. The highest BCUT2D eigenvalue weighted by molar-refractivity contribution is 9.10. The predicted molar refractivity (Wildman–Crippen MR) is 73.3 cm³/mol. The third-order valence-corrected chi connectivity index (χ3v) is 3.71. The molecule has 0 unspecified atom stereocenters. The van der Waals surface area contributed by atoms with Crippen molar-refractivity contribution < 1.29 is 4.74 Å². The maximum atomic E-state index is 5.24. The largest absolute Gasteiger partial charge is 0.497 e. The van der Waals surface area contributed by atoms with Gasteiger partial charge in [0.15, 0.2) is 5.82 Å². The molecule has 100 valence electrons. The van der Waals surface area contributed by atoms with Crippen LogP contribution >= 0.6 is 15.9 Å². The molecule has 1 heterocycles. The summed E-state index contributed by atoms with van der Waals surface area (Å²) < 4.78 is 7.89. The van der Waals surface area contributed by atoms with Gasteiger partial charge in [-0.05, 0) is 51.3 Å². The summed E-state index contributed by atoms with van der Waals surface area (Å²) in [5, 5.41) is 15.3. The average Bonchev–Trinajstić information content (AvgIpc) is 3.15. The minimum absolute atomic E-state index is 0.624. The van der Waals surface area contributed by atoms with E-state index in [1.54, 1.807) is 11.8 Å². The van der Waals surface area contributed by atoms with Crippen LogP contribution in [-0.4, -0.2) is 33.4 Å². The number of halogens is 1. The number of hydrogen-bond donors (Lipinski definition) is 1. The summed E-state index contributed by atoms with van der Waals surface area (Å²) in [5.74, 6) is 1.57. The molecule has 7 heteroatoms. The van der Waals surface area contributed by atoms with E-state index < -0.39 is 0 Å². The number of benzene rings is 1. The standard InChI is InChI=1S/C12H14BrN5O/c1-19-9-4-5-10(13)11(6-9)18-12(15-16-17-18)7-14-8-2-3-8/h4-6,8,14H,2-3,7H2,1H3. The maximum absolute atomic E-state index is 5.24. The highest BCUT2D eigenvalue weighted by Gasteiger charge is 2.21. The minimum atomic E-state index is 0.624. The van der Waals surface area contributed by atoms with Crippen LogP contribution in [0.4, 0.5) is 0 Å². The second-order valence-electron chi connectivity index (χ2n) is 4.48. The molecule has 2 aromatic rings. The Bertz CT molecular complexity index is 581. The number of aromatic nitrogens is 4. The zero-order valence-corrected chi connectivity index (χ0v) is 12.1. The SMILES string of the molecule is COc1ccc(Br)c(-n2nnnc2CNC2CC2)c1. The van der Waals surface area contributed by atoms with Crippen LogP contribution in [0.15, 0.2) is 22.7 Å². The van der Waals surface area contributed by atoms with E-state index in [0.717, 1.165) is 21.7 Å². The molecule has 0 saturated heterocycles. The summed E-state index contributed by atoms with van der Waals surface area (Å²) in [4.78, 5) is 0. The van der Waals surface area contributed by atoms with Gasteiger partial charge >= 0.3 is 0 Å². The number of tetrazole rings is 1. The Morgan fingerprint density at radius 1 is 1.47 bits per heavy atom. The Labute approximate surface area is 119 Å². The van der Waals surface area contributed by atoms with E-state index in [4.69, 9.17) is 4.74 Å². The molecule has 19 heavy (non-hydrogen) atoms. The lowest BCUT2D eigenvalue weighted by atomic mass is 10.3. The number of methoxy groups -OCH3 is 1. The summed E-state index contributed by atoms with van der Waals surface area (Å²) in [6, 6.07) is 6.34. The second-order valence-corrected chi connectivity index (χ2v) is 5.33. The molecule has 1 aliphatic rings. The zero-order valence-electron chi connectivity index (χ0n) is 10.5. The van der Waals surface area contributed by atoms with Crippen molar-refractivity contribution >= 4 is 15.9 Å². The molecule has 0 atom stereocenters. The van der Waals surface area contributed by atoms with Crippen LogP contribution in [0.3, 0.4) is 0 Å². The Hall–Kier alpha value is -1.47. The van der Waals surface area contributed by atoms with Gasteiger partial charge in [0.2, 0.25) is 0 Å². The first-order valence-corrected chi connectivity index (χ1v) is 6.92. The van der Waals surface area contributed by atoms with Gasteiger partial charge in [0.25, 0.3) is 0 Å². The second kappa shape index (κ2) is 5.26. The summed E-state index contributed by atoms with van der Waals surface area (Å²) in [6.07, 6.45) is 2.48. The topological polar surface area (TPSA) is 64.9 Å². The lowest BCUT2D eigenvalue weighted by molar-refractivity contribution is 0.414. The summed E-state index contributed by atoms with van der Waals surface area (Å²) in [6.45, 7) is 0.668. The quantitative estimate of drug-likeness (QED) is 0.907. The lowest BCUT2D eigenvalue weighted by Gasteiger charge is -2.09. The fourth-order valence-electron chi connectivity index (χ4n) is 1.81. The number of ether oxygens (including phenoxy) is 1. The van der Waals surface area contributed by atoms with Crippen LogP contribution in [0.2, 0.25) is 0 Å². The van der Waals surface area contributed by atoms with Gasteiger partial charge in [-0.1, -0.05) is 0 Å². The van der Waals surface area contributed by atoms with E-state index in [1.165, 1.54) is 12.8 Å². The maximum Gasteiger partial charge on any atom is 0.170 e. The van der Waals surface area contributed by atoms with E-state index >= 15 is 0 Å². The molecule has 1 aromatic heterocycles. The molecule has 6 nitrogen and oxygen atoms in total. The van der Waals surface area contributed by atoms with Gasteiger partial charge in [0.05, 0.1) is 19.3 Å². The molecule has 1 saturated carbocycles. The normalized spacial score (nSPS) is 14.6. The van der Waals surface area contributed by atoms with Crippen molar-refractivity contribution in [2.75, 3.05) is 7.11 Å². The smallest absolute Gasteiger partial charge is 0.170 e. The molecule has 1 fully saturated rings. The van der Waals surface area contributed by atoms with E-state index in [-0.39, 0.29) is 0 Å². The van der Waals surface area contributed by atoms with Gasteiger partial charge in [0, 0.05) is 16.6 Å². The van der Waals surface area contributed by atoms with Gasteiger partial charge in [-0.25, -0.2) is 0 Å². The van der Waals surface area contributed by atoms with Gasteiger partial charge < -0.3 is 10.1 Å². The van der Waals surface area contributed by atoms with Crippen molar-refractivity contribution in [3.63, 3.8) is 0 Å². The molecule has 1 N–H and O–H groups in total. The molecule has 0 radical (unpaired) electrons. The third kappa shape index (κ3) is 2.76. The van der Waals surface area contributed by atoms with Crippen molar-refractivity contribution in [2.45, 2.75) is 25.4 Å². The molecule has 1 aliphatic carbocycles. The van der Waals surface area contributed by atoms with E-state index in [9.17, 15) is 0 Å². The Kier molecular flexibility index (Phi) is 3.48. The van der Waals surface area contributed by atoms with Crippen LogP contribution in [0.25, 0.3) is 5.69 Å². The summed E-state index contributed by atoms with van der Waals surface area (Å²) >= 11 is 3.52. The molecule has 1 aromatic carbocycles. The number of hydrogen-bond acceptors (Lipinski definition) is 5. The molecule has 0 spiro atoms.